The van der Waals surface area contributed by atoms with Gasteiger partial charge in [-0.25, -0.2) is 24.9 Å². The van der Waals surface area contributed by atoms with Crippen molar-refractivity contribution in [2.24, 2.45) is 4.99 Å². The highest BCUT2D eigenvalue weighted by Gasteiger charge is 2.35. The number of amides is 2. The topological polar surface area (TPSA) is 144 Å². The molecule has 0 bridgehead atoms. The van der Waals surface area contributed by atoms with Crippen LogP contribution in [-0.2, 0) is 0 Å². The molecule has 3 N–H and O–H groups in total. The van der Waals surface area contributed by atoms with Crippen molar-refractivity contribution in [1.82, 2.24) is 34.6 Å². The summed E-state index contributed by atoms with van der Waals surface area (Å²) in [5.74, 6) is 0.494. The second kappa shape index (κ2) is 12.5. The van der Waals surface area contributed by atoms with Crippen LogP contribution in [-0.4, -0.2) is 60.2 Å². The first-order valence-electron chi connectivity index (χ1n) is 14.1. The molecular formula is C30H30ClN9O2S. The van der Waals surface area contributed by atoms with E-state index in [1.807, 2.05) is 16.5 Å². The van der Waals surface area contributed by atoms with Gasteiger partial charge < -0.3 is 16.0 Å². The van der Waals surface area contributed by atoms with Crippen molar-refractivity contribution in [3.8, 4) is 11.3 Å². The summed E-state index contributed by atoms with van der Waals surface area (Å²) < 4.78 is 1.89. The molecule has 1 atom stereocenters. The minimum atomic E-state index is -0.306. The number of benzene rings is 1. The first-order chi connectivity index (χ1) is 20.9. The molecule has 11 nitrogen and oxygen atoms in total. The number of rotatable bonds is 7. The first-order valence-corrected chi connectivity index (χ1v) is 15.7. The molecule has 2 aliphatic rings. The zero-order valence-corrected chi connectivity index (χ0v) is 25.1. The number of hydrogen-bond acceptors (Lipinski definition) is 9. The van der Waals surface area contributed by atoms with Crippen molar-refractivity contribution < 1.29 is 9.59 Å². The monoisotopic (exact) mass is 615 g/mol. The van der Waals surface area contributed by atoms with Crippen molar-refractivity contribution in [2.45, 2.75) is 44.6 Å². The van der Waals surface area contributed by atoms with Crippen LogP contribution in [0.1, 0.15) is 71.2 Å². The van der Waals surface area contributed by atoms with E-state index >= 15 is 0 Å². The Kier molecular flexibility index (Phi) is 8.39. The van der Waals surface area contributed by atoms with Gasteiger partial charge in [0.05, 0.1) is 18.1 Å². The van der Waals surface area contributed by atoms with Gasteiger partial charge in [0.15, 0.2) is 0 Å². The molecule has 3 aromatic heterocycles. The first kappa shape index (κ1) is 28.8. The second-order valence-electron chi connectivity index (χ2n) is 10.3. The van der Waals surface area contributed by atoms with E-state index in [-0.39, 0.29) is 28.8 Å². The van der Waals surface area contributed by atoms with E-state index in [0.29, 0.717) is 35.0 Å². The molecule has 220 valence electrons. The molecule has 1 aliphatic heterocycles. The number of carbonyl (C=O) groups is 2. The molecule has 1 unspecified atom stereocenters. The van der Waals surface area contributed by atoms with E-state index < -0.39 is 0 Å². The summed E-state index contributed by atoms with van der Waals surface area (Å²) in [7, 11) is 0. The molecule has 6 rings (SSSR count). The van der Waals surface area contributed by atoms with Crippen LogP contribution in [0.3, 0.4) is 0 Å². The number of nitrogen functional groups attached to an aromatic ring is 1. The number of carbonyl (C=O) groups excluding carboxylic acids is 2. The molecule has 4 aromatic rings. The molecule has 1 saturated heterocycles. The van der Waals surface area contributed by atoms with Crippen LogP contribution in [0.4, 0.5) is 5.82 Å². The predicted octanol–water partition coefficient (Wildman–Crippen LogP) is 5.31. The number of halogens is 1. The van der Waals surface area contributed by atoms with Gasteiger partial charge in [-0.05, 0) is 74.6 Å². The molecule has 2 amide bonds. The van der Waals surface area contributed by atoms with Gasteiger partial charge in [0.2, 0.25) is 5.28 Å². The maximum absolute atomic E-state index is 13.4. The zero-order valence-electron chi connectivity index (χ0n) is 23.5. The Morgan fingerprint density at radius 1 is 1.09 bits per heavy atom. The molecule has 0 radical (unpaired) electrons. The lowest BCUT2D eigenvalue weighted by Gasteiger charge is -2.23. The third kappa shape index (κ3) is 5.84. The molecule has 1 aliphatic carbocycles. The van der Waals surface area contributed by atoms with Crippen molar-refractivity contribution in [1.29, 1.82) is 0 Å². The minimum Gasteiger partial charge on any atom is -0.382 e. The predicted molar refractivity (Wildman–Crippen MR) is 168 cm³/mol. The number of nitrogens with two attached hydrogens (primary N) is 1. The van der Waals surface area contributed by atoms with Gasteiger partial charge in [0.1, 0.15) is 28.5 Å². The summed E-state index contributed by atoms with van der Waals surface area (Å²) in [6.45, 7) is 0.554. The highest BCUT2D eigenvalue weighted by molar-refractivity contribution is 8.02. The van der Waals surface area contributed by atoms with E-state index in [1.165, 1.54) is 23.9 Å². The van der Waals surface area contributed by atoms with Gasteiger partial charge >= 0.3 is 0 Å². The summed E-state index contributed by atoms with van der Waals surface area (Å²) in [4.78, 5) is 51.1. The van der Waals surface area contributed by atoms with E-state index in [2.05, 4.69) is 31.5 Å². The van der Waals surface area contributed by atoms with Crippen LogP contribution in [0.25, 0.3) is 16.8 Å². The summed E-state index contributed by atoms with van der Waals surface area (Å²) >= 11 is 7.67. The summed E-state index contributed by atoms with van der Waals surface area (Å²) in [6.07, 6.45) is 14.2. The maximum atomic E-state index is 13.4. The van der Waals surface area contributed by atoms with Gasteiger partial charge in [-0.3, -0.25) is 14.0 Å². The second-order valence-corrected chi connectivity index (χ2v) is 11.5. The molecule has 0 spiro atoms. The Morgan fingerprint density at radius 2 is 1.91 bits per heavy atom. The number of thioether (sulfide) groups is 1. The van der Waals surface area contributed by atoms with Crippen LogP contribution < -0.4 is 11.1 Å². The third-order valence-electron chi connectivity index (χ3n) is 7.74. The maximum Gasteiger partial charge on any atom is 0.273 e. The molecule has 1 fully saturated rings. The number of allylic oxidation sites excluding steroid dienone is 2. The van der Waals surface area contributed by atoms with Crippen LogP contribution in [0.2, 0.25) is 5.28 Å². The van der Waals surface area contributed by atoms with Gasteiger partial charge in [-0.1, -0.05) is 12.1 Å². The van der Waals surface area contributed by atoms with Crippen LogP contribution in [0, 0.1) is 0 Å². The fraction of sp³-hybridized carbons (Fsp3) is 0.300. The Balaban J connectivity index is 1.26. The van der Waals surface area contributed by atoms with Gasteiger partial charge in [0.25, 0.3) is 11.8 Å². The van der Waals surface area contributed by atoms with E-state index in [0.717, 1.165) is 43.4 Å². The zero-order chi connectivity index (χ0) is 29.9. The minimum absolute atomic E-state index is 0.0183. The van der Waals surface area contributed by atoms with E-state index in [9.17, 15) is 9.59 Å². The highest BCUT2D eigenvalue weighted by atomic mass is 35.5. The standard InChI is InChI=1S/C30H30ClN9O2S/c1-43-23-7-3-2-5-20(23)35-17-36-28(41)19-10-8-18(9-11-19)24-25-26(32)33-14-16-40(25)27(38-24)22-6-4-15-39(22)29(42)21-12-13-34-30(31)37-21/h8-14,16-17,22H,2-7,15H2,1H3,(H2,32,33)(H,35,36,41). The van der Waals surface area contributed by atoms with Crippen LogP contribution in [0.5, 0.6) is 0 Å². The lowest BCUT2D eigenvalue weighted by molar-refractivity contribution is 0.0723. The number of nitrogens with one attached hydrogen (secondary N) is 1. The molecule has 0 saturated carbocycles. The normalized spacial score (nSPS) is 17.3. The number of imidazole rings is 1. The Labute approximate surface area is 257 Å². The number of aliphatic imine (C=N–C) groups is 1. The largest absolute Gasteiger partial charge is 0.382 e. The molecule has 43 heavy (non-hydrogen) atoms. The number of aromatic nitrogens is 5. The quantitative estimate of drug-likeness (QED) is 0.162. The average Bonchev–Trinajstić information content (AvgIpc) is 3.67. The van der Waals surface area contributed by atoms with Crippen LogP contribution in [0.15, 0.2) is 64.5 Å². The van der Waals surface area contributed by atoms with E-state index in [4.69, 9.17) is 22.3 Å². The fourth-order valence-electron chi connectivity index (χ4n) is 5.65. The summed E-state index contributed by atoms with van der Waals surface area (Å²) in [5, 5.41) is 2.80. The Morgan fingerprint density at radius 3 is 2.70 bits per heavy atom. The fourth-order valence-corrected chi connectivity index (χ4v) is 6.54. The molecular weight excluding hydrogens is 586 g/mol. The Hall–Kier alpha value is -4.29. The van der Waals surface area contributed by atoms with Crippen LogP contribution >= 0.6 is 23.4 Å². The summed E-state index contributed by atoms with van der Waals surface area (Å²) in [6, 6.07) is 8.40. The van der Waals surface area contributed by atoms with Gasteiger partial charge in [0, 0.05) is 41.2 Å². The van der Waals surface area contributed by atoms with Crippen molar-refractivity contribution in [3.05, 3.63) is 81.9 Å². The van der Waals surface area contributed by atoms with Crippen molar-refractivity contribution in [3.63, 3.8) is 0 Å². The molecule has 4 heterocycles. The smallest absolute Gasteiger partial charge is 0.273 e. The van der Waals surface area contributed by atoms with Gasteiger partial charge in [-0.2, -0.15) is 0 Å². The lowest BCUT2D eigenvalue weighted by Crippen LogP contribution is -2.32. The van der Waals surface area contributed by atoms with Crippen molar-refractivity contribution in [2.75, 3.05) is 18.5 Å². The number of hydrogen-bond donors (Lipinski definition) is 2. The van der Waals surface area contributed by atoms with Gasteiger partial charge in [-0.15, -0.1) is 11.8 Å². The number of fused-ring (bicyclic) bond motifs is 1. The summed E-state index contributed by atoms with van der Waals surface area (Å²) in [5.41, 5.74) is 10.1. The number of nitrogens with zero attached hydrogens (tertiary/aromatic N) is 7. The SMILES string of the molecule is CSC1=C(/N=C/NC(=O)c2ccc(-c3nc(C4CCCN4C(=O)c4ccnc(Cl)n4)n4ccnc(N)c34)cc2)CCCC1. The van der Waals surface area contributed by atoms with E-state index in [1.54, 1.807) is 47.3 Å². The average molecular weight is 616 g/mol. The Bertz CT molecular complexity index is 1750. The molecule has 13 heteroatoms. The van der Waals surface area contributed by atoms with Crippen molar-refractivity contribution >= 4 is 52.9 Å². The highest BCUT2D eigenvalue weighted by Crippen LogP contribution is 2.37. The number of anilines is 1. The third-order valence-corrected chi connectivity index (χ3v) is 8.85. The molecule has 1 aromatic carbocycles. The number of likely N-dealkylation sites (tertiary alicyclic amines) is 1. The lowest BCUT2D eigenvalue weighted by atomic mass is 10.1.